The van der Waals surface area contributed by atoms with Crippen LogP contribution in [0.25, 0.3) is 11.2 Å². The van der Waals surface area contributed by atoms with Gasteiger partial charge in [0, 0.05) is 13.7 Å². The molecule has 2 amide bonds. The molecule has 4 aromatic rings. The number of carbonyl (C=O) groups is 2. The fourth-order valence-corrected chi connectivity index (χ4v) is 3.96. The first-order chi connectivity index (χ1) is 17.4. The number of carbonyl (C=O) groups excluding carboxylic acids is 2. The second-order valence-electron chi connectivity index (χ2n) is 8.16. The average Bonchev–Trinajstić information content (AvgIpc) is 3.31. The topological polar surface area (TPSA) is 143 Å². The molecule has 0 bridgehead atoms. The van der Waals surface area contributed by atoms with Gasteiger partial charge < -0.3 is 20.4 Å². The largest absolute Gasteiger partial charge is 0.383 e. The molecule has 1 atom stereocenters. The number of hydrogen-bond acceptors (Lipinski definition) is 6. The lowest BCUT2D eigenvalue weighted by atomic mass is 10.1. The smallest absolute Gasteiger partial charge is 0.333 e. The zero-order chi connectivity index (χ0) is 25.7. The molecule has 0 aliphatic carbocycles. The van der Waals surface area contributed by atoms with Crippen molar-refractivity contribution in [3.05, 3.63) is 99.0 Å². The van der Waals surface area contributed by atoms with Gasteiger partial charge in [0.15, 0.2) is 11.2 Å². The van der Waals surface area contributed by atoms with Gasteiger partial charge in [0.1, 0.15) is 12.6 Å². The number of fused-ring (bicyclic) bond motifs is 1. The van der Waals surface area contributed by atoms with E-state index in [1.165, 1.54) is 18.0 Å². The lowest BCUT2D eigenvalue weighted by molar-refractivity contribution is -0.128. The highest BCUT2D eigenvalue weighted by molar-refractivity contribution is 5.87. The molecule has 36 heavy (non-hydrogen) atoms. The fraction of sp³-hybridized carbons (Fsp3) is 0.240. The van der Waals surface area contributed by atoms with Crippen molar-refractivity contribution in [3.63, 3.8) is 0 Å². The zero-order valence-corrected chi connectivity index (χ0v) is 19.7. The van der Waals surface area contributed by atoms with Crippen molar-refractivity contribution in [2.45, 2.75) is 25.7 Å². The van der Waals surface area contributed by atoms with Crippen LogP contribution in [0.15, 0.2) is 76.6 Å². The number of amides is 2. The van der Waals surface area contributed by atoms with Crippen LogP contribution >= 0.6 is 0 Å². The average molecular weight is 491 g/mol. The van der Waals surface area contributed by atoms with Crippen LogP contribution in [0.4, 0.5) is 0 Å². The molecule has 0 saturated carbocycles. The third-order valence-electron chi connectivity index (χ3n) is 5.73. The molecule has 11 nitrogen and oxygen atoms in total. The van der Waals surface area contributed by atoms with E-state index in [9.17, 15) is 19.2 Å². The van der Waals surface area contributed by atoms with Crippen LogP contribution in [-0.2, 0) is 34.0 Å². The molecule has 0 aliphatic rings. The summed E-state index contributed by atoms with van der Waals surface area (Å²) in [5.41, 5.74) is 5.82. The van der Waals surface area contributed by atoms with Gasteiger partial charge >= 0.3 is 5.69 Å². The molecule has 1 unspecified atom stereocenters. The standard InChI is InChI=1S/C25H26N6O5/c1-36-13-12-29-16-27-23-21(29)24(34)31(25(35)30(23)14-17-8-4-2-5-9-17)15-19(32)28-20(22(26)33)18-10-6-3-7-11-18/h2-11,16,20H,12-15H2,1H3,(H2,26,33)(H,28,32). The van der Waals surface area contributed by atoms with Crippen molar-refractivity contribution in [1.82, 2.24) is 24.0 Å². The SMILES string of the molecule is COCCn1cnc2c1c(=O)n(CC(=O)NC(C(N)=O)c1ccccc1)c(=O)n2Cc1ccccc1. The molecule has 2 aromatic heterocycles. The summed E-state index contributed by atoms with van der Waals surface area (Å²) in [5, 5.41) is 2.53. The highest BCUT2D eigenvalue weighted by Gasteiger charge is 2.23. The molecule has 2 aromatic carbocycles. The Morgan fingerprint density at radius 2 is 1.69 bits per heavy atom. The molecular formula is C25H26N6O5. The van der Waals surface area contributed by atoms with Gasteiger partial charge in [-0.3, -0.25) is 19.0 Å². The Labute approximate surface area is 205 Å². The predicted molar refractivity (Wildman–Crippen MR) is 132 cm³/mol. The van der Waals surface area contributed by atoms with E-state index < -0.39 is 35.6 Å². The number of benzene rings is 2. The molecule has 186 valence electrons. The maximum absolute atomic E-state index is 13.4. The summed E-state index contributed by atoms with van der Waals surface area (Å²) < 4.78 is 8.91. The van der Waals surface area contributed by atoms with E-state index >= 15 is 0 Å². The Kier molecular flexibility index (Phi) is 7.40. The Balaban J connectivity index is 1.75. The minimum absolute atomic E-state index is 0.146. The first-order valence-electron chi connectivity index (χ1n) is 11.3. The monoisotopic (exact) mass is 490 g/mol. The molecule has 0 aliphatic heterocycles. The molecule has 0 fully saturated rings. The third-order valence-corrected chi connectivity index (χ3v) is 5.73. The van der Waals surface area contributed by atoms with E-state index in [1.54, 1.807) is 34.9 Å². The minimum atomic E-state index is -1.11. The highest BCUT2D eigenvalue weighted by Crippen LogP contribution is 2.12. The minimum Gasteiger partial charge on any atom is -0.383 e. The van der Waals surface area contributed by atoms with Crippen LogP contribution < -0.4 is 22.3 Å². The summed E-state index contributed by atoms with van der Waals surface area (Å²) in [6, 6.07) is 16.6. The normalized spacial score (nSPS) is 11.9. The zero-order valence-electron chi connectivity index (χ0n) is 19.7. The van der Waals surface area contributed by atoms with Gasteiger partial charge in [0.25, 0.3) is 5.56 Å². The summed E-state index contributed by atoms with van der Waals surface area (Å²) in [7, 11) is 1.54. The van der Waals surface area contributed by atoms with Crippen LogP contribution in [0, 0.1) is 0 Å². The number of primary amides is 1. The lowest BCUT2D eigenvalue weighted by Gasteiger charge is -2.17. The second-order valence-corrected chi connectivity index (χ2v) is 8.16. The molecular weight excluding hydrogens is 464 g/mol. The van der Waals surface area contributed by atoms with Crippen LogP contribution in [0.2, 0.25) is 0 Å². The summed E-state index contributed by atoms with van der Waals surface area (Å²) in [6.45, 7) is 0.193. The van der Waals surface area contributed by atoms with E-state index in [0.717, 1.165) is 10.1 Å². The van der Waals surface area contributed by atoms with Gasteiger partial charge in [-0.2, -0.15) is 0 Å². The summed E-state index contributed by atoms with van der Waals surface area (Å²) in [4.78, 5) is 56.1. The Morgan fingerprint density at radius 3 is 2.33 bits per heavy atom. The molecule has 0 spiro atoms. The van der Waals surface area contributed by atoms with Crippen molar-refractivity contribution in [2.24, 2.45) is 5.73 Å². The van der Waals surface area contributed by atoms with Gasteiger partial charge in [-0.1, -0.05) is 60.7 Å². The fourth-order valence-electron chi connectivity index (χ4n) is 3.96. The number of hydrogen-bond donors (Lipinski definition) is 2. The lowest BCUT2D eigenvalue weighted by Crippen LogP contribution is -2.46. The van der Waals surface area contributed by atoms with Gasteiger partial charge in [0.05, 0.1) is 19.5 Å². The maximum atomic E-state index is 13.4. The Morgan fingerprint density at radius 1 is 1.03 bits per heavy atom. The number of nitrogens with one attached hydrogen (secondary N) is 1. The first-order valence-corrected chi connectivity index (χ1v) is 11.3. The number of rotatable bonds is 10. The van der Waals surface area contributed by atoms with E-state index in [2.05, 4.69) is 10.3 Å². The maximum Gasteiger partial charge on any atom is 0.333 e. The van der Waals surface area contributed by atoms with Crippen molar-refractivity contribution < 1.29 is 14.3 Å². The van der Waals surface area contributed by atoms with Crippen LogP contribution in [0.1, 0.15) is 17.2 Å². The third kappa shape index (κ3) is 5.10. The first kappa shape index (κ1) is 24.6. The number of nitrogens with zero attached hydrogens (tertiary/aromatic N) is 4. The Bertz CT molecular complexity index is 1490. The molecule has 3 N–H and O–H groups in total. The summed E-state index contributed by atoms with van der Waals surface area (Å²) >= 11 is 0. The second kappa shape index (κ2) is 10.8. The van der Waals surface area contributed by atoms with Gasteiger partial charge in [-0.25, -0.2) is 14.3 Å². The van der Waals surface area contributed by atoms with Crippen molar-refractivity contribution >= 4 is 23.0 Å². The van der Waals surface area contributed by atoms with Gasteiger partial charge in [-0.05, 0) is 11.1 Å². The van der Waals surface area contributed by atoms with Crippen molar-refractivity contribution in [2.75, 3.05) is 13.7 Å². The van der Waals surface area contributed by atoms with Crippen LogP contribution in [-0.4, -0.2) is 44.2 Å². The number of aromatic nitrogens is 4. The van der Waals surface area contributed by atoms with E-state index in [0.29, 0.717) is 18.7 Å². The van der Waals surface area contributed by atoms with E-state index in [4.69, 9.17) is 10.5 Å². The molecule has 4 rings (SSSR count). The molecule has 0 saturated heterocycles. The summed E-state index contributed by atoms with van der Waals surface area (Å²) in [5.74, 6) is -1.48. The van der Waals surface area contributed by atoms with Gasteiger partial charge in [0.2, 0.25) is 11.8 Å². The van der Waals surface area contributed by atoms with Crippen LogP contribution in [0.5, 0.6) is 0 Å². The van der Waals surface area contributed by atoms with Crippen molar-refractivity contribution in [3.8, 4) is 0 Å². The molecule has 11 heteroatoms. The molecule has 0 radical (unpaired) electrons. The highest BCUT2D eigenvalue weighted by atomic mass is 16.5. The summed E-state index contributed by atoms with van der Waals surface area (Å²) in [6.07, 6.45) is 1.47. The number of ether oxygens (including phenoxy) is 1. The van der Waals surface area contributed by atoms with Crippen molar-refractivity contribution in [1.29, 1.82) is 0 Å². The number of imidazole rings is 1. The van der Waals surface area contributed by atoms with E-state index in [-0.39, 0.29) is 17.7 Å². The Hall–Kier alpha value is -4.51. The quantitative estimate of drug-likeness (QED) is 0.329. The number of methoxy groups -OCH3 is 1. The molecule has 2 heterocycles. The van der Waals surface area contributed by atoms with Gasteiger partial charge in [-0.15, -0.1) is 0 Å². The van der Waals surface area contributed by atoms with Crippen LogP contribution in [0.3, 0.4) is 0 Å². The number of nitrogens with two attached hydrogens (primary N) is 1. The van der Waals surface area contributed by atoms with E-state index in [1.807, 2.05) is 30.3 Å². The predicted octanol–water partition coefficient (Wildman–Crippen LogP) is 0.397.